The Labute approximate surface area is 131 Å². The second-order valence-electron chi connectivity index (χ2n) is 4.43. The third kappa shape index (κ3) is 4.31. The number of benzene rings is 2. The average Bonchev–Trinajstić information content (AvgIpc) is 2.48. The fraction of sp³-hybridized carbons (Fsp3) is 0.188. The van der Waals surface area contributed by atoms with E-state index < -0.39 is 12.1 Å². The maximum Gasteiger partial charge on any atom is 0.347 e. The van der Waals surface area contributed by atoms with Crippen LogP contribution >= 0.6 is 15.9 Å². The van der Waals surface area contributed by atoms with Gasteiger partial charge < -0.3 is 14.6 Å². The summed E-state index contributed by atoms with van der Waals surface area (Å²) in [5.41, 5.74) is 2.12. The molecule has 2 rings (SSSR count). The van der Waals surface area contributed by atoms with Crippen LogP contribution in [0.5, 0.6) is 5.75 Å². The predicted octanol–water partition coefficient (Wildman–Crippen LogP) is 3.59. The SMILES string of the molecule is COCC(Oc1ccc(-c2ccc(Br)cc2)cc1)C(=O)O. The van der Waals surface area contributed by atoms with E-state index in [2.05, 4.69) is 15.9 Å². The van der Waals surface area contributed by atoms with Gasteiger partial charge in [-0.1, -0.05) is 40.2 Å². The van der Waals surface area contributed by atoms with Crippen molar-refractivity contribution in [2.45, 2.75) is 6.10 Å². The number of ether oxygens (including phenoxy) is 2. The number of carbonyl (C=O) groups is 1. The van der Waals surface area contributed by atoms with Crippen LogP contribution < -0.4 is 4.74 Å². The van der Waals surface area contributed by atoms with Crippen molar-refractivity contribution in [3.8, 4) is 16.9 Å². The summed E-state index contributed by atoms with van der Waals surface area (Å²) in [5.74, 6) is -0.547. The van der Waals surface area contributed by atoms with Crippen LogP contribution in [0.25, 0.3) is 11.1 Å². The molecular weight excluding hydrogens is 336 g/mol. The minimum absolute atomic E-state index is 0.00377. The Morgan fingerprint density at radius 3 is 2.10 bits per heavy atom. The van der Waals surface area contributed by atoms with E-state index >= 15 is 0 Å². The zero-order chi connectivity index (χ0) is 15.2. The van der Waals surface area contributed by atoms with Gasteiger partial charge in [-0.3, -0.25) is 0 Å². The highest BCUT2D eigenvalue weighted by molar-refractivity contribution is 9.10. The molecule has 4 nitrogen and oxygen atoms in total. The van der Waals surface area contributed by atoms with E-state index in [0.717, 1.165) is 15.6 Å². The van der Waals surface area contributed by atoms with Crippen molar-refractivity contribution >= 4 is 21.9 Å². The molecule has 0 spiro atoms. The van der Waals surface area contributed by atoms with Crippen LogP contribution in [0.2, 0.25) is 0 Å². The van der Waals surface area contributed by atoms with Crippen molar-refractivity contribution in [2.24, 2.45) is 0 Å². The quantitative estimate of drug-likeness (QED) is 0.864. The van der Waals surface area contributed by atoms with Crippen LogP contribution in [0.4, 0.5) is 0 Å². The largest absolute Gasteiger partial charge is 0.478 e. The van der Waals surface area contributed by atoms with Gasteiger partial charge in [-0.15, -0.1) is 0 Å². The van der Waals surface area contributed by atoms with E-state index in [9.17, 15) is 4.79 Å². The van der Waals surface area contributed by atoms with Crippen LogP contribution in [0, 0.1) is 0 Å². The Morgan fingerprint density at radius 1 is 1.10 bits per heavy atom. The number of aliphatic carboxylic acids is 1. The molecule has 21 heavy (non-hydrogen) atoms. The first-order chi connectivity index (χ1) is 10.1. The first-order valence-electron chi connectivity index (χ1n) is 6.34. The Hall–Kier alpha value is -1.85. The van der Waals surface area contributed by atoms with Crippen molar-refractivity contribution in [1.82, 2.24) is 0 Å². The number of methoxy groups -OCH3 is 1. The molecule has 1 atom stereocenters. The van der Waals surface area contributed by atoms with Gasteiger partial charge >= 0.3 is 5.97 Å². The molecule has 0 saturated heterocycles. The van der Waals surface area contributed by atoms with E-state index in [0.29, 0.717) is 5.75 Å². The zero-order valence-electron chi connectivity index (χ0n) is 11.5. The molecule has 0 heterocycles. The number of carboxylic acid groups (broad SMARTS) is 1. The van der Waals surface area contributed by atoms with Crippen LogP contribution in [-0.2, 0) is 9.53 Å². The molecule has 0 fully saturated rings. The fourth-order valence-corrected chi connectivity index (χ4v) is 2.10. The number of rotatable bonds is 6. The molecule has 0 amide bonds. The predicted molar refractivity (Wildman–Crippen MR) is 83.5 cm³/mol. The lowest BCUT2D eigenvalue weighted by atomic mass is 10.1. The highest BCUT2D eigenvalue weighted by Crippen LogP contribution is 2.24. The summed E-state index contributed by atoms with van der Waals surface area (Å²) in [6.45, 7) is 0.00377. The Kier molecular flexibility index (Phi) is 5.36. The van der Waals surface area contributed by atoms with Gasteiger partial charge in [0, 0.05) is 11.6 Å². The molecule has 0 aromatic heterocycles. The van der Waals surface area contributed by atoms with Crippen LogP contribution in [-0.4, -0.2) is 30.9 Å². The summed E-state index contributed by atoms with van der Waals surface area (Å²) in [5, 5.41) is 9.01. The second-order valence-corrected chi connectivity index (χ2v) is 5.35. The molecule has 2 aromatic rings. The molecule has 0 aliphatic rings. The maximum atomic E-state index is 11.0. The van der Waals surface area contributed by atoms with Gasteiger partial charge in [0.2, 0.25) is 6.10 Å². The lowest BCUT2D eigenvalue weighted by Gasteiger charge is -2.14. The minimum atomic E-state index is -1.05. The molecule has 0 aliphatic heterocycles. The number of carboxylic acids is 1. The van der Waals surface area contributed by atoms with Crippen LogP contribution in [0.15, 0.2) is 53.0 Å². The standard InChI is InChI=1S/C16H15BrO4/c1-20-10-15(16(18)19)21-14-8-4-12(5-9-14)11-2-6-13(17)7-3-11/h2-9,15H,10H2,1H3,(H,18,19). The molecular formula is C16H15BrO4. The first kappa shape index (κ1) is 15.5. The van der Waals surface area contributed by atoms with Gasteiger partial charge in [-0.2, -0.15) is 0 Å². The number of hydrogen-bond donors (Lipinski definition) is 1. The topological polar surface area (TPSA) is 55.8 Å². The van der Waals surface area contributed by atoms with E-state index in [4.69, 9.17) is 14.6 Å². The van der Waals surface area contributed by atoms with E-state index in [1.54, 1.807) is 12.1 Å². The monoisotopic (exact) mass is 350 g/mol. The normalized spacial score (nSPS) is 11.9. The van der Waals surface area contributed by atoms with Crippen LogP contribution in [0.1, 0.15) is 0 Å². The minimum Gasteiger partial charge on any atom is -0.478 e. The molecule has 2 aromatic carbocycles. The van der Waals surface area contributed by atoms with Crippen molar-refractivity contribution in [3.05, 3.63) is 53.0 Å². The highest BCUT2D eigenvalue weighted by atomic mass is 79.9. The third-order valence-electron chi connectivity index (χ3n) is 2.90. The van der Waals surface area contributed by atoms with Gasteiger partial charge in [-0.05, 0) is 35.4 Å². The molecule has 0 bridgehead atoms. The zero-order valence-corrected chi connectivity index (χ0v) is 13.0. The summed E-state index contributed by atoms with van der Waals surface area (Å²) in [6, 6.07) is 15.2. The lowest BCUT2D eigenvalue weighted by molar-refractivity contribution is -0.147. The summed E-state index contributed by atoms with van der Waals surface area (Å²) in [4.78, 5) is 11.0. The molecule has 0 saturated carbocycles. The maximum absolute atomic E-state index is 11.0. The lowest BCUT2D eigenvalue weighted by Crippen LogP contribution is -2.31. The molecule has 110 valence electrons. The van der Waals surface area contributed by atoms with Crippen molar-refractivity contribution in [1.29, 1.82) is 0 Å². The van der Waals surface area contributed by atoms with Gasteiger partial charge in [0.1, 0.15) is 5.75 Å². The molecule has 0 aliphatic carbocycles. The molecule has 0 radical (unpaired) electrons. The average molecular weight is 351 g/mol. The second kappa shape index (κ2) is 7.24. The van der Waals surface area contributed by atoms with Crippen molar-refractivity contribution in [2.75, 3.05) is 13.7 Å². The highest BCUT2D eigenvalue weighted by Gasteiger charge is 2.18. The van der Waals surface area contributed by atoms with E-state index in [1.807, 2.05) is 36.4 Å². The number of hydrogen-bond acceptors (Lipinski definition) is 3. The summed E-state index contributed by atoms with van der Waals surface area (Å²) < 4.78 is 11.2. The van der Waals surface area contributed by atoms with Crippen LogP contribution in [0.3, 0.4) is 0 Å². The van der Waals surface area contributed by atoms with Gasteiger partial charge in [0.15, 0.2) is 0 Å². The molecule has 5 heteroatoms. The van der Waals surface area contributed by atoms with Gasteiger partial charge in [0.25, 0.3) is 0 Å². The van der Waals surface area contributed by atoms with Gasteiger partial charge in [-0.25, -0.2) is 4.79 Å². The summed E-state index contributed by atoms with van der Waals surface area (Å²) >= 11 is 3.40. The van der Waals surface area contributed by atoms with Crippen molar-refractivity contribution in [3.63, 3.8) is 0 Å². The van der Waals surface area contributed by atoms with Crippen molar-refractivity contribution < 1.29 is 19.4 Å². The summed E-state index contributed by atoms with van der Waals surface area (Å²) in [6.07, 6.45) is -1.01. The molecule has 1 unspecified atom stereocenters. The first-order valence-corrected chi connectivity index (χ1v) is 7.14. The van der Waals surface area contributed by atoms with Gasteiger partial charge in [0.05, 0.1) is 6.61 Å². The van der Waals surface area contributed by atoms with E-state index in [-0.39, 0.29) is 6.61 Å². The fourth-order valence-electron chi connectivity index (χ4n) is 1.84. The Morgan fingerprint density at radius 2 is 1.62 bits per heavy atom. The third-order valence-corrected chi connectivity index (χ3v) is 3.43. The Bertz CT molecular complexity index is 593. The molecule has 1 N–H and O–H groups in total. The smallest absolute Gasteiger partial charge is 0.347 e. The van der Waals surface area contributed by atoms with E-state index in [1.165, 1.54) is 7.11 Å². The number of halogens is 1. The summed E-state index contributed by atoms with van der Waals surface area (Å²) in [7, 11) is 1.44. The Balaban J connectivity index is 2.11.